The Hall–Kier alpha value is -0.610. The molecule has 4 heteroatoms. The van der Waals surface area contributed by atoms with E-state index in [9.17, 15) is 4.79 Å². The van der Waals surface area contributed by atoms with Crippen LogP contribution in [0.4, 0.5) is 0 Å². The fourth-order valence-corrected chi connectivity index (χ4v) is 1.05. The Bertz CT molecular complexity index is 162. The predicted molar refractivity (Wildman–Crippen MR) is 57.0 cm³/mol. The SMILES string of the molecule is CCC(C)CN(C)C(=O)COCCN. The predicted octanol–water partition coefficient (Wildman–Crippen LogP) is 0.466. The summed E-state index contributed by atoms with van der Waals surface area (Å²) in [4.78, 5) is 13.1. The molecule has 0 radical (unpaired) electrons. The highest BCUT2D eigenvalue weighted by atomic mass is 16.5. The molecule has 0 heterocycles. The van der Waals surface area contributed by atoms with Crippen molar-refractivity contribution >= 4 is 5.91 Å². The highest BCUT2D eigenvalue weighted by Gasteiger charge is 2.10. The third-order valence-corrected chi connectivity index (χ3v) is 2.20. The first-order chi connectivity index (χ1) is 6.61. The van der Waals surface area contributed by atoms with Crippen molar-refractivity contribution in [2.45, 2.75) is 20.3 Å². The van der Waals surface area contributed by atoms with Gasteiger partial charge in [0.15, 0.2) is 0 Å². The van der Waals surface area contributed by atoms with Gasteiger partial charge in [-0.3, -0.25) is 4.79 Å². The minimum absolute atomic E-state index is 0.0266. The molecular weight excluding hydrogens is 180 g/mol. The monoisotopic (exact) mass is 202 g/mol. The summed E-state index contributed by atoms with van der Waals surface area (Å²) >= 11 is 0. The fraction of sp³-hybridized carbons (Fsp3) is 0.900. The molecule has 4 nitrogen and oxygen atoms in total. The second-order valence-corrected chi connectivity index (χ2v) is 3.63. The van der Waals surface area contributed by atoms with Crippen LogP contribution in [0.5, 0.6) is 0 Å². The van der Waals surface area contributed by atoms with Gasteiger partial charge in [-0.15, -0.1) is 0 Å². The number of nitrogens with zero attached hydrogens (tertiary/aromatic N) is 1. The Morgan fingerprint density at radius 3 is 2.71 bits per heavy atom. The summed E-state index contributed by atoms with van der Waals surface area (Å²) in [6.45, 7) is 6.09. The zero-order chi connectivity index (χ0) is 11.0. The number of carbonyl (C=O) groups is 1. The smallest absolute Gasteiger partial charge is 0.248 e. The second kappa shape index (κ2) is 7.76. The molecule has 0 saturated carbocycles. The van der Waals surface area contributed by atoms with Crippen LogP contribution < -0.4 is 5.73 Å². The summed E-state index contributed by atoms with van der Waals surface area (Å²) in [5, 5.41) is 0. The first kappa shape index (κ1) is 13.4. The maximum absolute atomic E-state index is 11.4. The lowest BCUT2D eigenvalue weighted by Crippen LogP contribution is -2.34. The molecule has 0 saturated heterocycles. The number of ether oxygens (including phenoxy) is 1. The van der Waals surface area contributed by atoms with Crippen molar-refractivity contribution in [1.29, 1.82) is 0 Å². The van der Waals surface area contributed by atoms with Gasteiger partial charge in [0.05, 0.1) is 6.61 Å². The molecule has 0 aromatic rings. The van der Waals surface area contributed by atoms with Crippen molar-refractivity contribution in [3.8, 4) is 0 Å². The van der Waals surface area contributed by atoms with Gasteiger partial charge in [-0.2, -0.15) is 0 Å². The van der Waals surface area contributed by atoms with Crippen LogP contribution in [-0.2, 0) is 9.53 Å². The van der Waals surface area contributed by atoms with Crippen LogP contribution >= 0.6 is 0 Å². The quantitative estimate of drug-likeness (QED) is 0.610. The minimum atomic E-state index is 0.0266. The largest absolute Gasteiger partial charge is 0.370 e. The van der Waals surface area contributed by atoms with Gasteiger partial charge >= 0.3 is 0 Å². The van der Waals surface area contributed by atoms with Gasteiger partial charge in [-0.1, -0.05) is 20.3 Å². The number of hydrogen-bond acceptors (Lipinski definition) is 3. The van der Waals surface area contributed by atoms with Crippen LogP contribution in [0.3, 0.4) is 0 Å². The molecule has 0 aliphatic rings. The van der Waals surface area contributed by atoms with E-state index in [1.165, 1.54) is 0 Å². The van der Waals surface area contributed by atoms with E-state index in [2.05, 4.69) is 13.8 Å². The van der Waals surface area contributed by atoms with E-state index >= 15 is 0 Å². The Kier molecular flexibility index (Phi) is 7.42. The zero-order valence-electron chi connectivity index (χ0n) is 9.45. The van der Waals surface area contributed by atoms with Crippen LogP contribution in [0.15, 0.2) is 0 Å². The molecule has 1 unspecified atom stereocenters. The second-order valence-electron chi connectivity index (χ2n) is 3.63. The molecule has 0 rings (SSSR count). The van der Waals surface area contributed by atoms with Crippen molar-refractivity contribution < 1.29 is 9.53 Å². The number of hydrogen-bond donors (Lipinski definition) is 1. The first-order valence-corrected chi connectivity index (χ1v) is 5.13. The molecule has 1 atom stereocenters. The molecule has 0 aromatic carbocycles. The lowest BCUT2D eigenvalue weighted by atomic mass is 10.1. The summed E-state index contributed by atoms with van der Waals surface area (Å²) in [5.41, 5.74) is 5.24. The lowest BCUT2D eigenvalue weighted by molar-refractivity contribution is -0.135. The van der Waals surface area contributed by atoms with Crippen LogP contribution in [0, 0.1) is 5.92 Å². The Morgan fingerprint density at radius 1 is 1.57 bits per heavy atom. The third-order valence-electron chi connectivity index (χ3n) is 2.20. The average molecular weight is 202 g/mol. The first-order valence-electron chi connectivity index (χ1n) is 5.13. The number of nitrogens with two attached hydrogens (primary N) is 1. The topological polar surface area (TPSA) is 55.6 Å². The molecule has 14 heavy (non-hydrogen) atoms. The van der Waals surface area contributed by atoms with Crippen LogP contribution in [-0.4, -0.2) is 44.2 Å². The Labute approximate surface area is 86.4 Å². The van der Waals surface area contributed by atoms with E-state index in [1.54, 1.807) is 11.9 Å². The van der Waals surface area contributed by atoms with E-state index in [-0.39, 0.29) is 12.5 Å². The summed E-state index contributed by atoms with van der Waals surface area (Å²) in [7, 11) is 1.81. The molecule has 0 aliphatic carbocycles. The zero-order valence-corrected chi connectivity index (χ0v) is 9.45. The molecule has 0 aliphatic heterocycles. The van der Waals surface area contributed by atoms with Gasteiger partial charge in [-0.25, -0.2) is 0 Å². The van der Waals surface area contributed by atoms with E-state index in [1.807, 2.05) is 0 Å². The van der Waals surface area contributed by atoms with E-state index < -0.39 is 0 Å². The standard InChI is InChI=1S/C10H22N2O2/c1-4-9(2)7-12(3)10(13)8-14-6-5-11/h9H,4-8,11H2,1-3H3. The van der Waals surface area contributed by atoms with E-state index in [0.29, 0.717) is 19.1 Å². The van der Waals surface area contributed by atoms with Crippen molar-refractivity contribution in [3.63, 3.8) is 0 Å². The number of carbonyl (C=O) groups excluding carboxylic acids is 1. The van der Waals surface area contributed by atoms with Gasteiger partial charge in [0, 0.05) is 20.1 Å². The average Bonchev–Trinajstić information content (AvgIpc) is 2.17. The Morgan fingerprint density at radius 2 is 2.21 bits per heavy atom. The summed E-state index contributed by atoms with van der Waals surface area (Å²) in [6.07, 6.45) is 1.08. The lowest BCUT2D eigenvalue weighted by Gasteiger charge is -2.20. The molecule has 84 valence electrons. The number of likely N-dealkylation sites (N-methyl/N-ethyl adjacent to an activating group) is 1. The van der Waals surface area contributed by atoms with Gasteiger partial charge in [0.1, 0.15) is 6.61 Å². The van der Waals surface area contributed by atoms with Crippen molar-refractivity contribution in [2.75, 3.05) is 33.4 Å². The summed E-state index contributed by atoms with van der Waals surface area (Å²) < 4.78 is 5.06. The highest BCUT2D eigenvalue weighted by molar-refractivity contribution is 5.77. The van der Waals surface area contributed by atoms with Crippen molar-refractivity contribution in [1.82, 2.24) is 4.90 Å². The third kappa shape index (κ3) is 5.94. The van der Waals surface area contributed by atoms with Crippen molar-refractivity contribution in [3.05, 3.63) is 0 Å². The van der Waals surface area contributed by atoms with Gasteiger partial charge < -0.3 is 15.4 Å². The van der Waals surface area contributed by atoms with Crippen LogP contribution in [0.2, 0.25) is 0 Å². The maximum atomic E-state index is 11.4. The van der Waals surface area contributed by atoms with Gasteiger partial charge in [0.25, 0.3) is 0 Å². The normalized spacial score (nSPS) is 12.6. The molecular formula is C10H22N2O2. The number of rotatable bonds is 7. The molecule has 0 spiro atoms. The molecule has 0 aromatic heterocycles. The maximum Gasteiger partial charge on any atom is 0.248 e. The van der Waals surface area contributed by atoms with Crippen molar-refractivity contribution in [2.24, 2.45) is 11.7 Å². The highest BCUT2D eigenvalue weighted by Crippen LogP contribution is 2.02. The van der Waals surface area contributed by atoms with Crippen LogP contribution in [0.1, 0.15) is 20.3 Å². The van der Waals surface area contributed by atoms with Crippen LogP contribution in [0.25, 0.3) is 0 Å². The van der Waals surface area contributed by atoms with E-state index in [0.717, 1.165) is 13.0 Å². The summed E-state index contributed by atoms with van der Waals surface area (Å²) in [6, 6.07) is 0. The molecule has 2 N–H and O–H groups in total. The summed E-state index contributed by atoms with van der Waals surface area (Å²) in [5.74, 6) is 0.567. The Balaban J connectivity index is 3.64. The van der Waals surface area contributed by atoms with Gasteiger partial charge in [0.2, 0.25) is 5.91 Å². The van der Waals surface area contributed by atoms with Gasteiger partial charge in [-0.05, 0) is 5.92 Å². The minimum Gasteiger partial charge on any atom is -0.370 e. The molecule has 0 bridgehead atoms. The fourth-order valence-electron chi connectivity index (χ4n) is 1.05. The molecule has 1 amide bonds. The molecule has 0 fully saturated rings. The number of amides is 1. The van der Waals surface area contributed by atoms with E-state index in [4.69, 9.17) is 10.5 Å².